The van der Waals surface area contributed by atoms with Crippen LogP contribution < -0.4 is 5.56 Å². The number of thiophene rings is 1. The van der Waals surface area contributed by atoms with Gasteiger partial charge in [0.1, 0.15) is 0 Å². The Bertz CT molecular complexity index is 1010. The number of aromatic amines is 1. The standard InChI is InChI=1S/C20H14N2OS/c23-20-19(15-5-2-1-3-6-15)16(14-8-10-21-11-9-14)13-17(22-20)18-7-4-12-24-18/h1-13H,(H,22,23). The molecule has 4 rings (SSSR count). The van der Waals surface area contributed by atoms with Crippen LogP contribution in [-0.4, -0.2) is 9.97 Å². The predicted molar refractivity (Wildman–Crippen MR) is 99.0 cm³/mol. The number of rotatable bonds is 3. The summed E-state index contributed by atoms with van der Waals surface area (Å²) in [6, 6.07) is 19.6. The molecule has 0 fully saturated rings. The highest BCUT2D eigenvalue weighted by Gasteiger charge is 2.14. The third-order valence-electron chi connectivity index (χ3n) is 3.87. The molecular weight excluding hydrogens is 316 g/mol. The Hall–Kier alpha value is -2.98. The third kappa shape index (κ3) is 2.68. The fraction of sp³-hybridized carbons (Fsp3) is 0. The SMILES string of the molecule is O=c1[nH]c(-c2cccs2)cc(-c2ccncc2)c1-c1ccccc1. The minimum absolute atomic E-state index is 0.0843. The van der Waals surface area contributed by atoms with Crippen molar-refractivity contribution < 1.29 is 0 Å². The second-order valence-electron chi connectivity index (χ2n) is 5.38. The van der Waals surface area contributed by atoms with E-state index in [9.17, 15) is 4.79 Å². The molecule has 0 saturated heterocycles. The Morgan fingerprint density at radius 2 is 1.67 bits per heavy atom. The van der Waals surface area contributed by atoms with Crippen LogP contribution >= 0.6 is 11.3 Å². The van der Waals surface area contributed by atoms with E-state index in [1.807, 2.05) is 66.0 Å². The van der Waals surface area contributed by atoms with Crippen LogP contribution in [0, 0.1) is 0 Å². The number of nitrogens with one attached hydrogen (secondary N) is 1. The van der Waals surface area contributed by atoms with Gasteiger partial charge in [-0.3, -0.25) is 9.78 Å². The molecule has 0 atom stereocenters. The van der Waals surface area contributed by atoms with Crippen LogP contribution in [0.4, 0.5) is 0 Å². The number of pyridine rings is 2. The zero-order valence-corrected chi connectivity index (χ0v) is 13.6. The van der Waals surface area contributed by atoms with Crippen LogP contribution in [0.2, 0.25) is 0 Å². The van der Waals surface area contributed by atoms with Crippen molar-refractivity contribution in [3.63, 3.8) is 0 Å². The molecule has 116 valence electrons. The Morgan fingerprint density at radius 3 is 2.38 bits per heavy atom. The predicted octanol–water partition coefficient (Wildman–Crippen LogP) is 4.83. The van der Waals surface area contributed by atoms with E-state index in [2.05, 4.69) is 9.97 Å². The van der Waals surface area contributed by atoms with E-state index in [0.717, 1.165) is 27.3 Å². The Balaban J connectivity index is 2.01. The van der Waals surface area contributed by atoms with Gasteiger partial charge in [-0.2, -0.15) is 0 Å². The van der Waals surface area contributed by atoms with E-state index < -0.39 is 0 Å². The van der Waals surface area contributed by atoms with Crippen LogP contribution in [0.5, 0.6) is 0 Å². The molecule has 3 heterocycles. The lowest BCUT2D eigenvalue weighted by atomic mass is 9.96. The molecule has 0 radical (unpaired) electrons. The van der Waals surface area contributed by atoms with Crippen molar-refractivity contribution in [1.29, 1.82) is 0 Å². The maximum Gasteiger partial charge on any atom is 0.256 e. The highest BCUT2D eigenvalue weighted by atomic mass is 32.1. The smallest absolute Gasteiger partial charge is 0.256 e. The van der Waals surface area contributed by atoms with Crippen molar-refractivity contribution in [3.8, 4) is 32.8 Å². The second-order valence-corrected chi connectivity index (χ2v) is 6.33. The molecule has 0 bridgehead atoms. The molecule has 3 aromatic heterocycles. The van der Waals surface area contributed by atoms with E-state index in [1.54, 1.807) is 23.7 Å². The van der Waals surface area contributed by atoms with Crippen LogP contribution in [0.15, 0.2) is 83.2 Å². The monoisotopic (exact) mass is 330 g/mol. The van der Waals surface area contributed by atoms with Gasteiger partial charge < -0.3 is 4.98 Å². The molecular formula is C20H14N2OS. The van der Waals surface area contributed by atoms with Crippen LogP contribution in [-0.2, 0) is 0 Å². The molecule has 0 amide bonds. The van der Waals surface area contributed by atoms with Gasteiger partial charge >= 0.3 is 0 Å². The van der Waals surface area contributed by atoms with Gasteiger partial charge in [0.2, 0.25) is 0 Å². The fourth-order valence-electron chi connectivity index (χ4n) is 2.77. The van der Waals surface area contributed by atoms with E-state index in [1.165, 1.54) is 0 Å². The summed E-state index contributed by atoms with van der Waals surface area (Å²) >= 11 is 1.61. The van der Waals surface area contributed by atoms with Gasteiger partial charge in [0.05, 0.1) is 16.1 Å². The first-order valence-corrected chi connectivity index (χ1v) is 8.48. The number of benzene rings is 1. The Morgan fingerprint density at radius 1 is 0.875 bits per heavy atom. The van der Waals surface area contributed by atoms with Gasteiger partial charge in [-0.25, -0.2) is 0 Å². The number of aromatic nitrogens is 2. The highest BCUT2D eigenvalue weighted by molar-refractivity contribution is 7.13. The van der Waals surface area contributed by atoms with E-state index in [0.29, 0.717) is 5.56 Å². The maximum absolute atomic E-state index is 12.9. The molecule has 0 aliphatic heterocycles. The molecule has 24 heavy (non-hydrogen) atoms. The summed E-state index contributed by atoms with van der Waals surface area (Å²) in [7, 11) is 0. The minimum Gasteiger partial charge on any atom is -0.321 e. The maximum atomic E-state index is 12.9. The van der Waals surface area contributed by atoms with Gasteiger partial charge in [-0.1, -0.05) is 36.4 Å². The summed E-state index contributed by atoms with van der Waals surface area (Å²) < 4.78 is 0. The zero-order chi connectivity index (χ0) is 16.4. The molecule has 0 aliphatic carbocycles. The van der Waals surface area contributed by atoms with Crippen molar-refractivity contribution in [2.75, 3.05) is 0 Å². The number of nitrogens with zero attached hydrogens (tertiary/aromatic N) is 1. The first-order chi connectivity index (χ1) is 11.8. The summed E-state index contributed by atoms with van der Waals surface area (Å²) in [5.41, 5.74) is 4.23. The van der Waals surface area contributed by atoms with Crippen LogP contribution in [0.25, 0.3) is 32.8 Å². The van der Waals surface area contributed by atoms with Crippen molar-refractivity contribution in [2.24, 2.45) is 0 Å². The topological polar surface area (TPSA) is 45.8 Å². The van der Waals surface area contributed by atoms with Gasteiger partial charge in [0.15, 0.2) is 0 Å². The molecule has 4 heteroatoms. The normalized spacial score (nSPS) is 10.7. The van der Waals surface area contributed by atoms with Crippen molar-refractivity contribution >= 4 is 11.3 Å². The van der Waals surface area contributed by atoms with E-state index >= 15 is 0 Å². The van der Waals surface area contributed by atoms with E-state index in [-0.39, 0.29) is 5.56 Å². The third-order valence-corrected chi connectivity index (χ3v) is 4.78. The van der Waals surface area contributed by atoms with Crippen LogP contribution in [0.3, 0.4) is 0 Å². The lowest BCUT2D eigenvalue weighted by molar-refractivity contribution is 1.25. The summed E-state index contributed by atoms with van der Waals surface area (Å²) in [5, 5.41) is 2.00. The zero-order valence-electron chi connectivity index (χ0n) is 12.8. The number of hydrogen-bond acceptors (Lipinski definition) is 3. The summed E-state index contributed by atoms with van der Waals surface area (Å²) in [4.78, 5) is 21.0. The Kier molecular flexibility index (Phi) is 3.81. The van der Waals surface area contributed by atoms with Crippen molar-refractivity contribution in [3.05, 3.63) is 88.8 Å². The van der Waals surface area contributed by atoms with Crippen molar-refractivity contribution in [2.45, 2.75) is 0 Å². The molecule has 1 N–H and O–H groups in total. The first-order valence-electron chi connectivity index (χ1n) is 7.60. The average molecular weight is 330 g/mol. The second kappa shape index (κ2) is 6.26. The number of hydrogen-bond donors (Lipinski definition) is 1. The molecule has 0 spiro atoms. The summed E-state index contributed by atoms with van der Waals surface area (Å²) in [6.07, 6.45) is 3.49. The molecule has 0 saturated carbocycles. The summed E-state index contributed by atoms with van der Waals surface area (Å²) in [6.45, 7) is 0. The quantitative estimate of drug-likeness (QED) is 0.584. The molecule has 0 unspecified atom stereocenters. The molecule has 0 aliphatic rings. The largest absolute Gasteiger partial charge is 0.321 e. The highest BCUT2D eigenvalue weighted by Crippen LogP contribution is 2.32. The first kappa shape index (κ1) is 14.6. The minimum atomic E-state index is -0.0843. The Labute approximate surface area is 143 Å². The lowest BCUT2D eigenvalue weighted by Gasteiger charge is -2.11. The molecule has 1 aromatic carbocycles. The summed E-state index contributed by atoms with van der Waals surface area (Å²) in [5.74, 6) is 0. The average Bonchev–Trinajstić information content (AvgIpc) is 3.17. The molecule has 3 nitrogen and oxygen atoms in total. The number of H-pyrrole nitrogens is 1. The van der Waals surface area contributed by atoms with Gasteiger partial charge in [0, 0.05) is 12.4 Å². The van der Waals surface area contributed by atoms with Gasteiger partial charge in [-0.15, -0.1) is 11.3 Å². The van der Waals surface area contributed by atoms with E-state index in [4.69, 9.17) is 0 Å². The van der Waals surface area contributed by atoms with Crippen molar-refractivity contribution in [1.82, 2.24) is 9.97 Å². The van der Waals surface area contributed by atoms with Crippen LogP contribution in [0.1, 0.15) is 0 Å². The van der Waals surface area contributed by atoms with Gasteiger partial charge in [0.25, 0.3) is 5.56 Å². The fourth-order valence-corrected chi connectivity index (χ4v) is 3.47. The molecule has 4 aromatic rings. The van der Waals surface area contributed by atoms with Gasteiger partial charge in [-0.05, 0) is 46.3 Å². The lowest BCUT2D eigenvalue weighted by Crippen LogP contribution is -2.11.